The molecule has 4 unspecified atom stereocenters. The van der Waals surface area contributed by atoms with Gasteiger partial charge in [0.2, 0.25) is 11.9 Å². The van der Waals surface area contributed by atoms with Gasteiger partial charge in [0, 0.05) is 0 Å². The van der Waals surface area contributed by atoms with Crippen molar-refractivity contribution in [2.24, 2.45) is 0 Å². The van der Waals surface area contributed by atoms with Crippen LogP contribution in [0.5, 0.6) is 0 Å². The number of imidazole rings is 2. The summed E-state index contributed by atoms with van der Waals surface area (Å²) in [6.45, 7) is -0.215. The van der Waals surface area contributed by atoms with Gasteiger partial charge in [0.1, 0.15) is 42.1 Å². The molecule has 0 aromatic carbocycles. The summed E-state index contributed by atoms with van der Waals surface area (Å²) in [7, 11) is -10.6. The van der Waals surface area contributed by atoms with Crippen LogP contribution >= 0.6 is 15.6 Å². The largest absolute Gasteiger partial charge is 0.756 e. The molecule has 7 rings (SSSR count). The zero-order valence-electron chi connectivity index (χ0n) is 23.3. The molecule has 4 aromatic heterocycles. The second-order valence-electron chi connectivity index (χ2n) is 10.5. The second kappa shape index (κ2) is 11.1. The molecule has 25 heteroatoms. The van der Waals surface area contributed by atoms with Gasteiger partial charge in [-0.25, -0.2) is 15.0 Å². The van der Waals surface area contributed by atoms with Gasteiger partial charge in [-0.05, 0) is 6.92 Å². The second-order valence-corrected chi connectivity index (χ2v) is 13.2. The molecule has 0 aliphatic carbocycles. The molecular weight excluding hydrogens is 662 g/mol. The van der Waals surface area contributed by atoms with Crippen molar-refractivity contribution in [3.05, 3.63) is 28.7 Å². The van der Waals surface area contributed by atoms with Crippen molar-refractivity contribution in [1.29, 1.82) is 0 Å². The van der Waals surface area contributed by atoms with Crippen molar-refractivity contribution in [3.8, 4) is 0 Å². The summed E-state index contributed by atoms with van der Waals surface area (Å²) in [5, 5.41) is 22.2. The number of rotatable bonds is 2. The normalized spacial score (nSPS) is 37.2. The third-order valence-corrected chi connectivity index (χ3v) is 9.46. The Morgan fingerprint density at radius 2 is 1.37 bits per heavy atom. The molecule has 3 aliphatic rings. The highest BCUT2D eigenvalue weighted by Gasteiger charge is 2.51. The first-order chi connectivity index (χ1) is 21.7. The predicted octanol–water partition coefficient (Wildman–Crippen LogP) is -3.30. The van der Waals surface area contributed by atoms with E-state index in [4.69, 9.17) is 39.0 Å². The summed E-state index contributed by atoms with van der Waals surface area (Å²) in [6.07, 6.45) is -10.9. The van der Waals surface area contributed by atoms with Crippen LogP contribution in [-0.2, 0) is 36.7 Å². The minimum Gasteiger partial charge on any atom is -0.756 e. The molecule has 46 heavy (non-hydrogen) atoms. The van der Waals surface area contributed by atoms with E-state index in [1.165, 1.54) is 10.9 Å². The average Bonchev–Trinajstić information content (AvgIpc) is 3.72. The van der Waals surface area contributed by atoms with Crippen LogP contribution in [-0.4, -0.2) is 99.1 Å². The number of hydrogen-bond donors (Lipinski definition) is 5. The maximum absolute atomic E-state index is 13.0. The van der Waals surface area contributed by atoms with Crippen molar-refractivity contribution in [1.82, 2.24) is 39.0 Å². The number of aromatic nitrogens is 8. The lowest BCUT2D eigenvalue weighted by Gasteiger charge is -2.34. The number of ether oxygens (including phenoxy) is 2. The summed E-state index contributed by atoms with van der Waals surface area (Å²) >= 11 is 0. The van der Waals surface area contributed by atoms with Crippen LogP contribution in [0.2, 0.25) is 0 Å². The highest BCUT2D eigenvalue weighted by Crippen LogP contribution is 2.50. The monoisotopic (exact) mass is 686 g/mol. The van der Waals surface area contributed by atoms with E-state index in [2.05, 4.69) is 29.9 Å². The Morgan fingerprint density at radius 3 is 1.91 bits per heavy atom. The molecule has 248 valence electrons. The number of H-pyrrole nitrogens is 1. The number of aryl methyl sites for hydroxylation is 1. The third-order valence-electron chi connectivity index (χ3n) is 7.53. The number of aromatic amines is 1. The van der Waals surface area contributed by atoms with E-state index in [0.29, 0.717) is 11.2 Å². The molecule has 4 aromatic rings. The molecular formula is C21H24N10O13P2-2. The van der Waals surface area contributed by atoms with Gasteiger partial charge >= 0.3 is 0 Å². The van der Waals surface area contributed by atoms with Gasteiger partial charge in [-0.3, -0.25) is 28.0 Å². The summed E-state index contributed by atoms with van der Waals surface area (Å²) in [6, 6.07) is 0. The lowest BCUT2D eigenvalue weighted by Crippen LogP contribution is -2.41. The predicted molar refractivity (Wildman–Crippen MR) is 144 cm³/mol. The Labute approximate surface area is 255 Å². The van der Waals surface area contributed by atoms with Gasteiger partial charge in [0.05, 0.1) is 31.6 Å². The van der Waals surface area contributed by atoms with Gasteiger partial charge in [0.25, 0.3) is 21.2 Å². The van der Waals surface area contributed by atoms with Crippen molar-refractivity contribution in [3.63, 3.8) is 0 Å². The van der Waals surface area contributed by atoms with Crippen LogP contribution in [0.1, 0.15) is 18.1 Å². The molecule has 3 fully saturated rings. The van der Waals surface area contributed by atoms with E-state index < -0.39 is 83.5 Å². The molecule has 3 aliphatic heterocycles. The van der Waals surface area contributed by atoms with Crippen molar-refractivity contribution >= 4 is 49.9 Å². The molecule has 23 nitrogen and oxygen atoms in total. The minimum absolute atomic E-state index is 0.111. The van der Waals surface area contributed by atoms with Crippen LogP contribution in [0.3, 0.4) is 0 Å². The summed E-state index contributed by atoms with van der Waals surface area (Å²) < 4.78 is 60.1. The van der Waals surface area contributed by atoms with Crippen LogP contribution in [0.15, 0.2) is 17.4 Å². The van der Waals surface area contributed by atoms with E-state index in [0.717, 1.165) is 10.9 Å². The van der Waals surface area contributed by atoms with E-state index >= 15 is 0 Å². The highest BCUT2D eigenvalue weighted by atomic mass is 31.2. The van der Waals surface area contributed by atoms with Crippen molar-refractivity contribution < 1.29 is 56.7 Å². The Balaban J connectivity index is 1.17. The van der Waals surface area contributed by atoms with Crippen LogP contribution in [0.4, 0.5) is 11.9 Å². The number of nitrogens with zero attached hydrogens (tertiary/aromatic N) is 7. The molecule has 0 spiro atoms. The fourth-order valence-electron chi connectivity index (χ4n) is 5.51. The first-order valence-corrected chi connectivity index (χ1v) is 16.3. The molecule has 7 N–H and O–H groups in total. The highest BCUT2D eigenvalue weighted by molar-refractivity contribution is 7.46. The summed E-state index contributed by atoms with van der Waals surface area (Å²) in [5.41, 5.74) is 11.2. The molecule has 0 bridgehead atoms. The maximum Gasteiger partial charge on any atom is 0.280 e. The average molecular weight is 686 g/mol. The van der Waals surface area contributed by atoms with Gasteiger partial charge in [-0.15, -0.1) is 0 Å². The van der Waals surface area contributed by atoms with Gasteiger partial charge < -0.3 is 59.0 Å². The quantitative estimate of drug-likeness (QED) is 0.129. The Hall–Kier alpha value is -3.44. The van der Waals surface area contributed by atoms with E-state index in [1.54, 1.807) is 6.92 Å². The lowest BCUT2D eigenvalue weighted by molar-refractivity contribution is -0.244. The molecule has 0 radical (unpaired) electrons. The zero-order chi connectivity index (χ0) is 32.7. The van der Waals surface area contributed by atoms with Gasteiger partial charge in [0.15, 0.2) is 29.3 Å². The lowest BCUT2D eigenvalue weighted by atomic mass is 10.1. The molecule has 10 atom stereocenters. The number of fused-ring (bicyclic) bond motifs is 4. The number of hydrogen-bond acceptors (Lipinski definition) is 20. The number of anilines is 2. The van der Waals surface area contributed by atoms with Crippen LogP contribution in [0.25, 0.3) is 22.3 Å². The molecule has 0 saturated carbocycles. The maximum atomic E-state index is 13.0. The van der Waals surface area contributed by atoms with E-state index in [-0.39, 0.29) is 28.7 Å². The standard InChI is InChI=1S/C21H26N10O13P2/c1-6-9-15(27-20(22)26-6)30(4-24-9)18-11(32)13-7(41-18)2-39-46(37,38)44-14-8(3-40-45(35,36)43-13)42-19(12(14)33)31-5-25-10-16(31)28-21(23)29-17(10)34/h4-5,7-8,11-14,18-19,32-33H,2-3H2,1H3,(H,35,36)(H,37,38)(H2,22,26,27)(H3,23,28,29,34)/p-2/t7-,8-,11+,12+,13?,14?,18-,19-/m1/s1. The topological polar surface area (TPSA) is 335 Å². The number of nitrogens with two attached hydrogens (primary N) is 2. The SMILES string of the molecule is Cc1nc(N)nc2c1ncn2[C@@H]1O[C@@H]2COP(=O)([O-])OC3[C@@H](COP(=O)([O-])OC2[C@@H]1O)O[C@@H](n1cnc2c(=O)[nH]c(N)nc21)[C@H]3O. The number of aliphatic hydroxyl groups excluding tert-OH is 2. The number of aliphatic hydroxyl groups is 2. The Morgan fingerprint density at radius 1 is 0.870 bits per heavy atom. The van der Waals surface area contributed by atoms with Gasteiger partial charge in [-0.2, -0.15) is 9.97 Å². The summed E-state index contributed by atoms with van der Waals surface area (Å²) in [5.74, 6) is -0.398. The number of nitrogen functional groups attached to an aromatic ring is 2. The van der Waals surface area contributed by atoms with Crippen LogP contribution < -0.4 is 26.8 Å². The zero-order valence-corrected chi connectivity index (χ0v) is 25.0. The van der Waals surface area contributed by atoms with Crippen LogP contribution in [0, 0.1) is 6.92 Å². The molecule has 0 amide bonds. The van der Waals surface area contributed by atoms with E-state index in [9.17, 15) is 33.9 Å². The smallest absolute Gasteiger partial charge is 0.280 e. The molecule has 3 saturated heterocycles. The van der Waals surface area contributed by atoms with Gasteiger partial charge in [-0.1, -0.05) is 0 Å². The van der Waals surface area contributed by atoms with E-state index in [1.807, 2.05) is 0 Å². The Bertz CT molecular complexity index is 1990. The molecule has 7 heterocycles. The number of phosphoric ester groups is 2. The fourth-order valence-corrected chi connectivity index (χ4v) is 7.41. The van der Waals surface area contributed by atoms with Crippen molar-refractivity contribution in [2.45, 2.75) is 56.0 Å². The summed E-state index contributed by atoms with van der Waals surface area (Å²) in [4.78, 5) is 60.6. The minimum atomic E-state index is -5.33. The number of nitrogens with one attached hydrogen (secondary N) is 1. The third kappa shape index (κ3) is 5.39. The van der Waals surface area contributed by atoms with Crippen molar-refractivity contribution in [2.75, 3.05) is 24.7 Å². The fraction of sp³-hybridized carbons (Fsp3) is 0.524. The first-order valence-electron chi connectivity index (χ1n) is 13.4. The number of phosphoric acid groups is 2. The first kappa shape index (κ1) is 31.2. The Kier molecular flexibility index (Phi) is 7.51.